The highest BCUT2D eigenvalue weighted by Gasteiger charge is 2.36. The monoisotopic (exact) mass is 472 g/mol. The van der Waals surface area contributed by atoms with Crippen LogP contribution in [0.2, 0.25) is 0 Å². The van der Waals surface area contributed by atoms with Crippen LogP contribution in [-0.4, -0.2) is 40.0 Å². The van der Waals surface area contributed by atoms with E-state index in [9.17, 15) is 18.0 Å². The molecule has 1 fully saturated rings. The minimum absolute atomic E-state index is 0.0195. The number of halogens is 3. The van der Waals surface area contributed by atoms with Crippen molar-refractivity contribution in [3.05, 3.63) is 59.8 Å². The van der Waals surface area contributed by atoms with Gasteiger partial charge in [0.1, 0.15) is 5.56 Å². The average molecular weight is 472 g/mol. The summed E-state index contributed by atoms with van der Waals surface area (Å²) in [6, 6.07) is 11.7. The van der Waals surface area contributed by atoms with E-state index in [2.05, 4.69) is 15.3 Å². The standard InChI is InChI=1S/C24H23F3N4O3/c1-30-21(18(12-28-30)24(25,26)27)15-7-9-17(10-8-15)29-23(32)19-5-3-11-31(19)13-16-4-2-6-20-22(16)34-14-33-20/h2,4,6-10,12,19H,3,5,11,13-14H2,1H3,(H,29,32). The van der Waals surface area contributed by atoms with Gasteiger partial charge in [0.15, 0.2) is 11.5 Å². The molecule has 1 unspecified atom stereocenters. The van der Waals surface area contributed by atoms with Gasteiger partial charge in [-0.05, 0) is 37.6 Å². The lowest BCUT2D eigenvalue weighted by molar-refractivity contribution is -0.137. The van der Waals surface area contributed by atoms with Gasteiger partial charge in [-0.15, -0.1) is 0 Å². The Balaban J connectivity index is 1.28. The number of rotatable bonds is 5. The van der Waals surface area contributed by atoms with E-state index in [0.29, 0.717) is 23.5 Å². The smallest absolute Gasteiger partial charge is 0.420 e. The maximum Gasteiger partial charge on any atom is 0.420 e. The summed E-state index contributed by atoms with van der Waals surface area (Å²) < 4.78 is 52.1. The molecule has 0 spiro atoms. The highest BCUT2D eigenvalue weighted by molar-refractivity contribution is 5.95. The van der Waals surface area contributed by atoms with Crippen molar-refractivity contribution in [3.8, 4) is 22.8 Å². The number of nitrogens with zero attached hydrogens (tertiary/aromatic N) is 3. The molecule has 0 radical (unpaired) electrons. The van der Waals surface area contributed by atoms with Gasteiger partial charge in [-0.25, -0.2) is 0 Å². The summed E-state index contributed by atoms with van der Waals surface area (Å²) in [6.45, 7) is 1.53. The molecule has 3 aromatic rings. The molecular formula is C24H23F3N4O3. The Hall–Kier alpha value is -3.53. The predicted molar refractivity (Wildman–Crippen MR) is 118 cm³/mol. The highest BCUT2D eigenvalue weighted by Crippen LogP contribution is 2.38. The molecule has 3 heterocycles. The Morgan fingerprint density at radius 3 is 2.74 bits per heavy atom. The zero-order valence-electron chi connectivity index (χ0n) is 18.4. The number of likely N-dealkylation sites (tertiary alicyclic amines) is 1. The molecule has 1 N–H and O–H groups in total. The topological polar surface area (TPSA) is 68.6 Å². The number of hydrogen-bond donors (Lipinski definition) is 1. The van der Waals surface area contributed by atoms with E-state index in [1.807, 2.05) is 18.2 Å². The van der Waals surface area contributed by atoms with Gasteiger partial charge in [-0.1, -0.05) is 24.3 Å². The molecule has 0 saturated carbocycles. The number of benzene rings is 2. The fourth-order valence-corrected chi connectivity index (χ4v) is 4.57. The van der Waals surface area contributed by atoms with Gasteiger partial charge in [-0.2, -0.15) is 18.3 Å². The first-order valence-electron chi connectivity index (χ1n) is 10.9. The van der Waals surface area contributed by atoms with Crippen LogP contribution in [0.15, 0.2) is 48.7 Å². The van der Waals surface area contributed by atoms with Crippen LogP contribution in [0.25, 0.3) is 11.3 Å². The largest absolute Gasteiger partial charge is 0.454 e. The number of aromatic nitrogens is 2. The first-order chi connectivity index (χ1) is 16.3. The molecule has 0 bridgehead atoms. The zero-order valence-corrected chi connectivity index (χ0v) is 18.4. The van der Waals surface area contributed by atoms with Gasteiger partial charge in [-0.3, -0.25) is 14.4 Å². The van der Waals surface area contributed by atoms with E-state index in [4.69, 9.17) is 9.47 Å². The SMILES string of the molecule is Cn1ncc(C(F)(F)F)c1-c1ccc(NC(=O)C2CCCN2Cc2cccc3c2OCO3)cc1. The molecule has 1 amide bonds. The summed E-state index contributed by atoms with van der Waals surface area (Å²) in [5.74, 6) is 1.28. The number of fused-ring (bicyclic) bond motifs is 1. The van der Waals surface area contributed by atoms with Crippen LogP contribution in [0, 0.1) is 0 Å². The third-order valence-electron chi connectivity index (χ3n) is 6.19. The third kappa shape index (κ3) is 4.21. The third-order valence-corrected chi connectivity index (χ3v) is 6.19. The number of carbonyl (C=O) groups excluding carboxylic acids is 1. The van der Waals surface area contributed by atoms with Crippen molar-refractivity contribution in [2.45, 2.75) is 31.6 Å². The second kappa shape index (κ2) is 8.68. The van der Waals surface area contributed by atoms with E-state index >= 15 is 0 Å². The number of nitrogens with one attached hydrogen (secondary N) is 1. The lowest BCUT2D eigenvalue weighted by Crippen LogP contribution is -2.39. The molecule has 7 nitrogen and oxygen atoms in total. The van der Waals surface area contributed by atoms with Crippen LogP contribution in [0.4, 0.5) is 18.9 Å². The number of amides is 1. The van der Waals surface area contributed by atoms with Gasteiger partial charge in [0, 0.05) is 30.4 Å². The van der Waals surface area contributed by atoms with E-state index in [0.717, 1.165) is 36.9 Å². The average Bonchev–Trinajstić information content (AvgIpc) is 3.54. The van der Waals surface area contributed by atoms with E-state index < -0.39 is 11.7 Å². The summed E-state index contributed by atoms with van der Waals surface area (Å²) in [4.78, 5) is 15.1. The van der Waals surface area contributed by atoms with Crippen molar-refractivity contribution in [2.24, 2.45) is 7.05 Å². The molecule has 178 valence electrons. The van der Waals surface area contributed by atoms with Crippen molar-refractivity contribution < 1.29 is 27.4 Å². The molecule has 0 aliphatic carbocycles. The van der Waals surface area contributed by atoms with Gasteiger partial charge in [0.25, 0.3) is 0 Å². The molecule has 1 atom stereocenters. The maximum atomic E-state index is 13.3. The van der Waals surface area contributed by atoms with Gasteiger partial charge >= 0.3 is 6.18 Å². The first-order valence-corrected chi connectivity index (χ1v) is 10.9. The van der Waals surface area contributed by atoms with Gasteiger partial charge in [0.05, 0.1) is 17.9 Å². The Morgan fingerprint density at radius 2 is 1.97 bits per heavy atom. The van der Waals surface area contributed by atoms with Crippen LogP contribution < -0.4 is 14.8 Å². The number of aryl methyl sites for hydroxylation is 1. The summed E-state index contributed by atoms with van der Waals surface area (Å²) in [6.07, 6.45) is -2.07. The van der Waals surface area contributed by atoms with Gasteiger partial charge < -0.3 is 14.8 Å². The summed E-state index contributed by atoms with van der Waals surface area (Å²) in [7, 11) is 1.47. The van der Waals surface area contributed by atoms with E-state index in [1.54, 1.807) is 24.3 Å². The second-order valence-electron chi connectivity index (χ2n) is 8.37. The van der Waals surface area contributed by atoms with Crippen molar-refractivity contribution in [1.29, 1.82) is 0 Å². The summed E-state index contributed by atoms with van der Waals surface area (Å²) in [5, 5.41) is 6.65. The van der Waals surface area contributed by atoms with Crippen LogP contribution in [0.5, 0.6) is 11.5 Å². The number of carbonyl (C=O) groups is 1. The molecular weight excluding hydrogens is 449 g/mol. The molecule has 1 saturated heterocycles. The molecule has 10 heteroatoms. The van der Waals surface area contributed by atoms with Crippen LogP contribution in [0.1, 0.15) is 24.0 Å². The molecule has 2 aromatic carbocycles. The number of ether oxygens (including phenoxy) is 2. The quantitative estimate of drug-likeness (QED) is 0.595. The van der Waals surface area contributed by atoms with Crippen molar-refractivity contribution in [3.63, 3.8) is 0 Å². The van der Waals surface area contributed by atoms with Crippen LogP contribution >= 0.6 is 0 Å². The number of anilines is 1. The van der Waals surface area contributed by atoms with Crippen LogP contribution in [0.3, 0.4) is 0 Å². The van der Waals surface area contributed by atoms with Crippen molar-refractivity contribution in [2.75, 3.05) is 18.7 Å². The summed E-state index contributed by atoms with van der Waals surface area (Å²) >= 11 is 0. The lowest BCUT2D eigenvalue weighted by atomic mass is 10.1. The molecule has 34 heavy (non-hydrogen) atoms. The Kier molecular flexibility index (Phi) is 5.68. The normalized spacial score (nSPS) is 17.8. The minimum atomic E-state index is -4.50. The predicted octanol–water partition coefficient (Wildman–Crippen LogP) is 4.44. The molecule has 2 aliphatic heterocycles. The fourth-order valence-electron chi connectivity index (χ4n) is 4.57. The summed E-state index contributed by atoms with van der Waals surface area (Å²) in [5.41, 5.74) is 1.04. The molecule has 1 aromatic heterocycles. The number of hydrogen-bond acceptors (Lipinski definition) is 5. The zero-order chi connectivity index (χ0) is 23.9. The Labute approximate surface area is 194 Å². The van der Waals surface area contributed by atoms with Gasteiger partial charge in [0.2, 0.25) is 12.7 Å². The Morgan fingerprint density at radius 1 is 1.18 bits per heavy atom. The molecule has 2 aliphatic rings. The van der Waals surface area contributed by atoms with Crippen LogP contribution in [-0.2, 0) is 24.6 Å². The maximum absolute atomic E-state index is 13.3. The Bertz CT molecular complexity index is 1210. The number of para-hydroxylation sites is 1. The second-order valence-corrected chi connectivity index (χ2v) is 8.37. The number of alkyl halides is 3. The van der Waals surface area contributed by atoms with Crippen molar-refractivity contribution >= 4 is 11.6 Å². The minimum Gasteiger partial charge on any atom is -0.454 e. The van der Waals surface area contributed by atoms with E-state index in [-0.39, 0.29) is 24.4 Å². The van der Waals surface area contributed by atoms with E-state index in [1.165, 1.54) is 11.7 Å². The highest BCUT2D eigenvalue weighted by atomic mass is 19.4. The van der Waals surface area contributed by atoms with Crippen molar-refractivity contribution in [1.82, 2.24) is 14.7 Å². The molecule has 5 rings (SSSR count). The lowest BCUT2D eigenvalue weighted by Gasteiger charge is -2.24. The first kappa shape index (κ1) is 22.3. The fraction of sp³-hybridized carbons (Fsp3) is 0.333.